The molecule has 0 aliphatic carbocycles. The van der Waals surface area contributed by atoms with Crippen molar-refractivity contribution in [1.29, 1.82) is 0 Å². The fourth-order valence-corrected chi connectivity index (χ4v) is 2.38. The van der Waals surface area contributed by atoms with Crippen molar-refractivity contribution in [3.8, 4) is 12.3 Å². The highest BCUT2D eigenvalue weighted by Gasteiger charge is 2.39. The van der Waals surface area contributed by atoms with Gasteiger partial charge in [0.2, 0.25) is 0 Å². The molecule has 1 rings (SSSR count). The molecule has 0 saturated carbocycles. The second-order valence-electron chi connectivity index (χ2n) is 4.42. The zero-order valence-electron chi connectivity index (χ0n) is 10.8. The highest BCUT2D eigenvalue weighted by Crippen LogP contribution is 2.23. The second-order valence-corrected chi connectivity index (χ2v) is 4.42. The highest BCUT2D eigenvalue weighted by atomic mass is 16.5. The van der Waals surface area contributed by atoms with Crippen LogP contribution in [-0.2, 0) is 9.53 Å². The van der Waals surface area contributed by atoms with Gasteiger partial charge in [-0.2, -0.15) is 0 Å². The van der Waals surface area contributed by atoms with E-state index in [1.54, 1.807) is 0 Å². The summed E-state index contributed by atoms with van der Waals surface area (Å²) in [5.41, 5.74) is -0.592. The molecule has 17 heavy (non-hydrogen) atoms. The van der Waals surface area contributed by atoms with E-state index in [0.717, 1.165) is 38.9 Å². The normalized spacial score (nSPS) is 25.9. The third-order valence-electron chi connectivity index (χ3n) is 3.48. The average molecular weight is 238 g/mol. The summed E-state index contributed by atoms with van der Waals surface area (Å²) in [6, 6.07) is 0. The first-order valence-corrected chi connectivity index (χ1v) is 6.18. The summed E-state index contributed by atoms with van der Waals surface area (Å²) in [7, 11) is 1.43. The van der Waals surface area contributed by atoms with Crippen LogP contribution in [0.2, 0.25) is 0 Å². The number of rotatable bonds is 4. The van der Waals surface area contributed by atoms with Gasteiger partial charge in [-0.25, -0.2) is 0 Å². The maximum absolute atomic E-state index is 12.0. The van der Waals surface area contributed by atoms with Gasteiger partial charge in [0.25, 0.3) is 0 Å². The zero-order valence-corrected chi connectivity index (χ0v) is 10.8. The minimum Gasteiger partial charge on any atom is -0.468 e. The molecule has 0 spiro atoms. The molecule has 0 radical (unpaired) electrons. The van der Waals surface area contributed by atoms with Crippen LogP contribution in [0.25, 0.3) is 0 Å². The van der Waals surface area contributed by atoms with Gasteiger partial charge in [0.1, 0.15) is 5.54 Å². The summed E-state index contributed by atoms with van der Waals surface area (Å²) in [5, 5.41) is 3.18. The van der Waals surface area contributed by atoms with E-state index >= 15 is 0 Å². The van der Waals surface area contributed by atoms with E-state index in [9.17, 15) is 4.79 Å². The Morgan fingerprint density at radius 1 is 1.53 bits per heavy atom. The minimum atomic E-state index is -0.592. The minimum absolute atomic E-state index is 0.189. The summed E-state index contributed by atoms with van der Waals surface area (Å²) < 4.78 is 4.93. The Morgan fingerprint density at radius 3 is 2.88 bits per heavy atom. The van der Waals surface area contributed by atoms with Crippen LogP contribution in [0.4, 0.5) is 0 Å². The van der Waals surface area contributed by atoms with Gasteiger partial charge in [0.05, 0.1) is 13.7 Å². The molecular formula is C13H22N2O2. The van der Waals surface area contributed by atoms with Crippen LogP contribution < -0.4 is 5.32 Å². The van der Waals surface area contributed by atoms with Gasteiger partial charge in [-0.1, -0.05) is 12.8 Å². The number of terminal acetylenes is 1. The number of hydrogen-bond donors (Lipinski definition) is 1. The van der Waals surface area contributed by atoms with Gasteiger partial charge < -0.3 is 9.64 Å². The molecule has 0 aromatic carbocycles. The number of nitrogens with one attached hydrogen (secondary N) is 1. The molecule has 1 aliphatic rings. The smallest absolute Gasteiger partial charge is 0.326 e. The lowest BCUT2D eigenvalue weighted by atomic mass is 9.90. The molecule has 1 fully saturated rings. The van der Waals surface area contributed by atoms with Crippen molar-refractivity contribution in [3.63, 3.8) is 0 Å². The number of hydrogen-bond acceptors (Lipinski definition) is 4. The van der Waals surface area contributed by atoms with Crippen LogP contribution in [0.5, 0.6) is 0 Å². The molecule has 0 aromatic heterocycles. The van der Waals surface area contributed by atoms with Crippen molar-refractivity contribution in [1.82, 2.24) is 10.2 Å². The summed E-state index contributed by atoms with van der Waals surface area (Å²) in [6.45, 7) is 5.50. The first-order valence-electron chi connectivity index (χ1n) is 6.18. The molecule has 1 heterocycles. The maximum Gasteiger partial charge on any atom is 0.326 e. The Balaban J connectivity index is 2.76. The van der Waals surface area contributed by atoms with Crippen molar-refractivity contribution < 1.29 is 9.53 Å². The van der Waals surface area contributed by atoms with Crippen molar-refractivity contribution >= 4 is 5.97 Å². The first-order chi connectivity index (χ1) is 8.18. The van der Waals surface area contributed by atoms with Crippen LogP contribution in [-0.4, -0.2) is 49.7 Å². The van der Waals surface area contributed by atoms with Crippen LogP contribution in [0.15, 0.2) is 0 Å². The molecule has 4 nitrogen and oxygen atoms in total. The molecule has 0 amide bonds. The SMILES string of the molecule is C#CCNC1(C(=O)OC)CCCN(CC)CC1. The lowest BCUT2D eigenvalue weighted by molar-refractivity contribution is -0.149. The van der Waals surface area contributed by atoms with Crippen LogP contribution in [0, 0.1) is 12.3 Å². The number of esters is 1. The topological polar surface area (TPSA) is 41.6 Å². The summed E-state index contributed by atoms with van der Waals surface area (Å²) in [6.07, 6.45) is 7.80. The molecule has 4 heteroatoms. The number of nitrogens with zero attached hydrogens (tertiary/aromatic N) is 1. The molecule has 1 unspecified atom stereocenters. The van der Waals surface area contributed by atoms with E-state index in [-0.39, 0.29) is 5.97 Å². The summed E-state index contributed by atoms with van der Waals surface area (Å²) in [4.78, 5) is 14.3. The van der Waals surface area contributed by atoms with E-state index in [2.05, 4.69) is 23.1 Å². The highest BCUT2D eigenvalue weighted by molar-refractivity contribution is 5.80. The summed E-state index contributed by atoms with van der Waals surface area (Å²) >= 11 is 0. The molecule has 1 N–H and O–H groups in total. The molecule has 1 atom stereocenters. The van der Waals surface area contributed by atoms with Crippen LogP contribution in [0.3, 0.4) is 0 Å². The van der Waals surface area contributed by atoms with E-state index in [4.69, 9.17) is 11.2 Å². The third-order valence-corrected chi connectivity index (χ3v) is 3.48. The van der Waals surface area contributed by atoms with Gasteiger partial charge in [-0.15, -0.1) is 6.42 Å². The lowest BCUT2D eigenvalue weighted by Crippen LogP contribution is -2.53. The van der Waals surface area contributed by atoms with Gasteiger partial charge in [0.15, 0.2) is 0 Å². The standard InChI is InChI=1S/C13H22N2O2/c1-4-9-14-13(12(16)17-3)7-6-10-15(5-2)11-8-13/h1,14H,5-11H2,2-3H3. The number of methoxy groups -OCH3 is 1. The number of carbonyl (C=O) groups excluding carboxylic acids is 1. The van der Waals surface area contributed by atoms with Crippen molar-refractivity contribution in [3.05, 3.63) is 0 Å². The molecule has 1 saturated heterocycles. The predicted molar refractivity (Wildman–Crippen MR) is 67.5 cm³/mol. The van der Waals surface area contributed by atoms with Crippen molar-refractivity contribution in [2.24, 2.45) is 0 Å². The van der Waals surface area contributed by atoms with Gasteiger partial charge >= 0.3 is 5.97 Å². The maximum atomic E-state index is 12.0. The zero-order chi connectivity index (χ0) is 12.7. The van der Waals surface area contributed by atoms with Crippen LogP contribution >= 0.6 is 0 Å². The Bertz CT molecular complexity index is 298. The lowest BCUT2D eigenvalue weighted by Gasteiger charge is -2.30. The van der Waals surface area contributed by atoms with Crippen molar-refractivity contribution in [2.75, 3.05) is 33.3 Å². The van der Waals surface area contributed by atoms with Gasteiger partial charge in [-0.3, -0.25) is 10.1 Å². The predicted octanol–water partition coefficient (Wildman–Crippen LogP) is 0.627. The van der Waals surface area contributed by atoms with Crippen molar-refractivity contribution in [2.45, 2.75) is 31.7 Å². The molecule has 0 aromatic rings. The largest absolute Gasteiger partial charge is 0.468 e. The first kappa shape index (κ1) is 14.0. The average Bonchev–Trinajstić information content (AvgIpc) is 2.58. The van der Waals surface area contributed by atoms with Crippen LogP contribution in [0.1, 0.15) is 26.2 Å². The van der Waals surface area contributed by atoms with E-state index < -0.39 is 5.54 Å². The second kappa shape index (κ2) is 6.63. The summed E-state index contributed by atoms with van der Waals surface area (Å²) in [5.74, 6) is 2.34. The molecule has 96 valence electrons. The molecule has 0 bridgehead atoms. The van der Waals surface area contributed by atoms with Gasteiger partial charge in [-0.05, 0) is 32.4 Å². The fourth-order valence-electron chi connectivity index (χ4n) is 2.38. The van der Waals surface area contributed by atoms with E-state index in [1.165, 1.54) is 7.11 Å². The Hall–Kier alpha value is -1.05. The van der Waals surface area contributed by atoms with E-state index in [0.29, 0.717) is 6.54 Å². The Morgan fingerprint density at radius 2 is 2.29 bits per heavy atom. The quantitative estimate of drug-likeness (QED) is 0.576. The number of likely N-dealkylation sites (tertiary alicyclic amines) is 1. The molecule has 1 aliphatic heterocycles. The van der Waals surface area contributed by atoms with Gasteiger partial charge in [0, 0.05) is 6.54 Å². The van der Waals surface area contributed by atoms with E-state index in [1.807, 2.05) is 0 Å². The fraction of sp³-hybridized carbons (Fsp3) is 0.769. The number of carbonyl (C=O) groups is 1. The number of ether oxygens (including phenoxy) is 1. The molecular weight excluding hydrogens is 216 g/mol. The monoisotopic (exact) mass is 238 g/mol. The Kier molecular flexibility index (Phi) is 5.46. The Labute approximate surface area is 104 Å². The third kappa shape index (κ3) is 3.45.